The molecular formula is C26H25N5O6. The van der Waals surface area contributed by atoms with E-state index in [1.54, 1.807) is 30.8 Å². The molecule has 1 aliphatic rings. The minimum absolute atomic E-state index is 0.0164. The molecule has 11 heteroatoms. The van der Waals surface area contributed by atoms with Gasteiger partial charge in [0.15, 0.2) is 5.75 Å². The summed E-state index contributed by atoms with van der Waals surface area (Å²) in [5.74, 6) is -0.522. The van der Waals surface area contributed by atoms with E-state index < -0.39 is 23.0 Å². The van der Waals surface area contributed by atoms with Crippen molar-refractivity contribution in [3.05, 3.63) is 94.3 Å². The number of urea groups is 1. The third-order valence-electron chi connectivity index (χ3n) is 5.62. The van der Waals surface area contributed by atoms with Crippen molar-refractivity contribution in [3.8, 4) is 22.7 Å². The quantitative estimate of drug-likeness (QED) is 0.193. The van der Waals surface area contributed by atoms with Crippen LogP contribution in [0, 0.1) is 10.1 Å². The van der Waals surface area contributed by atoms with Crippen molar-refractivity contribution in [2.75, 3.05) is 13.2 Å². The first-order chi connectivity index (χ1) is 17.8. The van der Waals surface area contributed by atoms with Crippen molar-refractivity contribution in [2.45, 2.75) is 19.9 Å². The molecule has 0 aliphatic carbocycles. The number of benzene rings is 2. The van der Waals surface area contributed by atoms with E-state index in [1.807, 2.05) is 30.3 Å². The lowest BCUT2D eigenvalue weighted by atomic mass is 9.93. The molecule has 190 valence electrons. The second-order valence-corrected chi connectivity index (χ2v) is 8.04. The standard InChI is InChI=1S/C26H25N5O6/c1-4-13-37-25(32)22-16(3)27-26(33)28-24(22)19-15-30(18-9-7-6-8-10-18)29-23(19)17-11-12-21(36-5-2)20(14-17)31(34)35/h4,6-12,14-15,24H,1,5,13H2,2-3H3,(H2,27,28,33)/t24-/m0/s1. The van der Waals surface area contributed by atoms with E-state index >= 15 is 0 Å². The molecule has 2 aromatic carbocycles. The highest BCUT2D eigenvalue weighted by Crippen LogP contribution is 2.38. The molecule has 1 atom stereocenters. The number of hydrogen-bond donors (Lipinski definition) is 2. The predicted molar refractivity (Wildman–Crippen MR) is 135 cm³/mol. The summed E-state index contributed by atoms with van der Waals surface area (Å²) >= 11 is 0. The van der Waals surface area contributed by atoms with Gasteiger partial charge in [-0.1, -0.05) is 30.9 Å². The Kier molecular flexibility index (Phi) is 7.33. The van der Waals surface area contributed by atoms with Crippen molar-refractivity contribution in [2.24, 2.45) is 0 Å². The Morgan fingerprint density at radius 2 is 2.03 bits per heavy atom. The summed E-state index contributed by atoms with van der Waals surface area (Å²) < 4.78 is 12.3. The van der Waals surface area contributed by atoms with Crippen LogP contribution in [0.25, 0.3) is 16.9 Å². The minimum atomic E-state index is -0.941. The third kappa shape index (κ3) is 5.20. The number of allylic oxidation sites excluding steroid dienone is 1. The lowest BCUT2D eigenvalue weighted by Gasteiger charge is -2.27. The largest absolute Gasteiger partial charge is 0.487 e. The first kappa shape index (κ1) is 25.2. The monoisotopic (exact) mass is 503 g/mol. The van der Waals surface area contributed by atoms with Crippen molar-refractivity contribution in [1.29, 1.82) is 0 Å². The molecule has 4 rings (SSSR count). The second-order valence-electron chi connectivity index (χ2n) is 8.04. The molecule has 0 saturated carbocycles. The van der Waals surface area contributed by atoms with Crippen LogP contribution in [0.1, 0.15) is 25.5 Å². The van der Waals surface area contributed by atoms with Crippen molar-refractivity contribution >= 4 is 17.7 Å². The molecule has 0 fully saturated rings. The van der Waals surface area contributed by atoms with Crippen LogP contribution in [0.4, 0.5) is 10.5 Å². The normalized spacial score (nSPS) is 15.0. The summed E-state index contributed by atoms with van der Waals surface area (Å²) in [4.78, 5) is 36.7. The molecule has 0 spiro atoms. The Balaban J connectivity index is 1.92. The Morgan fingerprint density at radius 1 is 1.27 bits per heavy atom. The highest BCUT2D eigenvalue weighted by Gasteiger charge is 2.35. The Bertz CT molecular complexity index is 1400. The molecule has 11 nitrogen and oxygen atoms in total. The SMILES string of the molecule is C=CCOC(=O)C1=C(C)NC(=O)N[C@H]1c1cn(-c2ccccc2)nc1-c1ccc(OCC)c([N+](=O)[O-])c1. The maximum absolute atomic E-state index is 13.0. The molecular weight excluding hydrogens is 478 g/mol. The lowest BCUT2D eigenvalue weighted by molar-refractivity contribution is -0.385. The number of esters is 1. The van der Waals surface area contributed by atoms with E-state index in [0.717, 1.165) is 0 Å². The van der Waals surface area contributed by atoms with Gasteiger partial charge in [0, 0.05) is 29.1 Å². The fraction of sp³-hybridized carbons (Fsp3) is 0.192. The number of nitrogens with zero attached hydrogens (tertiary/aromatic N) is 3. The molecule has 37 heavy (non-hydrogen) atoms. The minimum Gasteiger partial charge on any atom is -0.487 e. The maximum atomic E-state index is 13.0. The van der Waals surface area contributed by atoms with E-state index in [2.05, 4.69) is 17.2 Å². The number of carbonyl (C=O) groups excluding carboxylic acids is 2. The van der Waals surface area contributed by atoms with Crippen LogP contribution in [0.3, 0.4) is 0 Å². The number of amides is 2. The molecule has 3 aromatic rings. The van der Waals surface area contributed by atoms with Gasteiger partial charge in [0.2, 0.25) is 0 Å². The average molecular weight is 504 g/mol. The molecule has 1 aliphatic heterocycles. The average Bonchev–Trinajstić information content (AvgIpc) is 3.33. The third-order valence-corrected chi connectivity index (χ3v) is 5.62. The highest BCUT2D eigenvalue weighted by atomic mass is 16.6. The number of nitro benzene ring substituents is 1. The zero-order chi connectivity index (χ0) is 26.5. The van der Waals surface area contributed by atoms with Crippen LogP contribution in [0.5, 0.6) is 5.75 Å². The maximum Gasteiger partial charge on any atom is 0.338 e. The number of para-hydroxylation sites is 1. The zero-order valence-electron chi connectivity index (χ0n) is 20.3. The van der Waals surface area contributed by atoms with Gasteiger partial charge in [0.25, 0.3) is 0 Å². The molecule has 0 bridgehead atoms. The second kappa shape index (κ2) is 10.8. The van der Waals surface area contributed by atoms with Gasteiger partial charge < -0.3 is 20.1 Å². The van der Waals surface area contributed by atoms with Gasteiger partial charge in [0.05, 0.1) is 34.5 Å². The van der Waals surface area contributed by atoms with Crippen LogP contribution in [-0.2, 0) is 9.53 Å². The molecule has 1 aromatic heterocycles. The Labute approximate surface area is 212 Å². The number of nitrogens with one attached hydrogen (secondary N) is 2. The number of ether oxygens (including phenoxy) is 2. The topological polar surface area (TPSA) is 138 Å². The van der Waals surface area contributed by atoms with E-state index in [4.69, 9.17) is 14.6 Å². The molecule has 2 heterocycles. The Hall–Kier alpha value is -4.93. The fourth-order valence-electron chi connectivity index (χ4n) is 4.03. The van der Waals surface area contributed by atoms with Gasteiger partial charge in [-0.3, -0.25) is 10.1 Å². The predicted octanol–water partition coefficient (Wildman–Crippen LogP) is 4.20. The summed E-state index contributed by atoms with van der Waals surface area (Å²) in [5, 5.41) is 21.8. The number of carbonyl (C=O) groups is 2. The van der Waals surface area contributed by atoms with Crippen LogP contribution >= 0.6 is 0 Å². The Morgan fingerprint density at radius 3 is 2.70 bits per heavy atom. The van der Waals surface area contributed by atoms with Gasteiger partial charge in [0.1, 0.15) is 6.61 Å². The van der Waals surface area contributed by atoms with Crippen LogP contribution in [-0.4, -0.2) is 39.9 Å². The van der Waals surface area contributed by atoms with E-state index in [9.17, 15) is 19.7 Å². The van der Waals surface area contributed by atoms with Crippen molar-refractivity contribution < 1.29 is 24.0 Å². The summed E-state index contributed by atoms with van der Waals surface area (Å²) in [6.07, 6.45) is 3.12. The van der Waals surface area contributed by atoms with E-state index in [0.29, 0.717) is 28.2 Å². The van der Waals surface area contributed by atoms with Gasteiger partial charge >= 0.3 is 17.7 Å². The first-order valence-corrected chi connectivity index (χ1v) is 11.5. The van der Waals surface area contributed by atoms with Crippen LogP contribution in [0.2, 0.25) is 0 Å². The smallest absolute Gasteiger partial charge is 0.338 e. The number of hydrogen-bond acceptors (Lipinski definition) is 7. The fourth-order valence-corrected chi connectivity index (χ4v) is 4.03. The highest BCUT2D eigenvalue weighted by molar-refractivity contribution is 5.95. The molecule has 2 amide bonds. The number of nitro groups is 1. The zero-order valence-corrected chi connectivity index (χ0v) is 20.3. The van der Waals surface area contributed by atoms with Crippen LogP contribution in [0.15, 0.2) is 78.7 Å². The van der Waals surface area contributed by atoms with Crippen molar-refractivity contribution in [3.63, 3.8) is 0 Å². The van der Waals surface area contributed by atoms with E-state index in [-0.39, 0.29) is 30.2 Å². The summed E-state index contributed by atoms with van der Waals surface area (Å²) in [5.41, 5.74) is 2.17. The van der Waals surface area contributed by atoms with Gasteiger partial charge in [-0.25, -0.2) is 14.3 Å². The van der Waals surface area contributed by atoms with Gasteiger partial charge in [-0.15, -0.1) is 0 Å². The lowest BCUT2D eigenvalue weighted by Crippen LogP contribution is -2.45. The molecule has 0 radical (unpaired) electrons. The molecule has 0 unspecified atom stereocenters. The van der Waals surface area contributed by atoms with E-state index in [1.165, 1.54) is 18.2 Å². The first-order valence-electron chi connectivity index (χ1n) is 11.5. The molecule has 0 saturated heterocycles. The van der Waals surface area contributed by atoms with Gasteiger partial charge in [-0.05, 0) is 38.1 Å². The van der Waals surface area contributed by atoms with Gasteiger partial charge in [-0.2, -0.15) is 5.10 Å². The summed E-state index contributed by atoms with van der Waals surface area (Å²) in [6, 6.07) is 12.3. The number of rotatable bonds is 9. The number of aromatic nitrogens is 2. The van der Waals surface area contributed by atoms with Crippen LogP contribution < -0.4 is 15.4 Å². The molecule has 2 N–H and O–H groups in total. The van der Waals surface area contributed by atoms with Crippen molar-refractivity contribution in [1.82, 2.24) is 20.4 Å². The summed E-state index contributed by atoms with van der Waals surface area (Å²) in [7, 11) is 0. The summed E-state index contributed by atoms with van der Waals surface area (Å²) in [6.45, 7) is 7.14.